The molecule has 0 aliphatic heterocycles. The number of anilines is 3. The van der Waals surface area contributed by atoms with E-state index < -0.39 is 11.5 Å². The highest BCUT2D eigenvalue weighted by atomic mass is 19.1. The van der Waals surface area contributed by atoms with Crippen LogP contribution >= 0.6 is 0 Å². The number of alkyl halides is 1. The van der Waals surface area contributed by atoms with E-state index in [1.165, 1.54) is 26.0 Å². The normalized spacial score (nSPS) is 11.4. The van der Waals surface area contributed by atoms with E-state index in [1.807, 2.05) is 32.0 Å². The average molecular weight is 385 g/mol. The molecule has 6 nitrogen and oxygen atoms in total. The van der Waals surface area contributed by atoms with Crippen LogP contribution in [0.15, 0.2) is 36.4 Å². The van der Waals surface area contributed by atoms with Gasteiger partial charge in [0.25, 0.3) is 0 Å². The van der Waals surface area contributed by atoms with Crippen LogP contribution in [0.25, 0.3) is 0 Å². The van der Waals surface area contributed by atoms with Gasteiger partial charge in [0.2, 0.25) is 11.9 Å². The Labute approximate surface area is 161 Å². The molecule has 3 rings (SSSR count). The zero-order chi connectivity index (χ0) is 20.5. The number of nitrogens with zero attached hydrogens (tertiary/aromatic N) is 3. The first-order chi connectivity index (χ1) is 13.1. The van der Waals surface area contributed by atoms with E-state index in [4.69, 9.17) is 10.5 Å². The van der Waals surface area contributed by atoms with Crippen LogP contribution in [-0.2, 0) is 5.67 Å². The van der Waals surface area contributed by atoms with Gasteiger partial charge in [-0.25, -0.2) is 8.78 Å². The van der Waals surface area contributed by atoms with E-state index >= 15 is 0 Å². The van der Waals surface area contributed by atoms with Crippen LogP contribution in [-0.4, -0.2) is 15.0 Å². The van der Waals surface area contributed by atoms with Crippen molar-refractivity contribution < 1.29 is 13.5 Å². The maximum atomic E-state index is 14.5. The number of halogens is 2. The fourth-order valence-electron chi connectivity index (χ4n) is 2.66. The van der Waals surface area contributed by atoms with Crippen LogP contribution in [0, 0.1) is 19.7 Å². The van der Waals surface area contributed by atoms with Crippen molar-refractivity contribution in [3.63, 3.8) is 0 Å². The summed E-state index contributed by atoms with van der Waals surface area (Å²) < 4.78 is 34.6. The van der Waals surface area contributed by atoms with Crippen LogP contribution < -0.4 is 15.8 Å². The van der Waals surface area contributed by atoms with E-state index in [-0.39, 0.29) is 29.2 Å². The summed E-state index contributed by atoms with van der Waals surface area (Å²) in [5, 5.41) is 2.73. The number of nitrogen functional groups attached to an aromatic ring is 1. The molecular weight excluding hydrogens is 364 g/mol. The number of nitrogens with one attached hydrogen (secondary N) is 1. The Morgan fingerprint density at radius 3 is 2.36 bits per heavy atom. The number of rotatable bonds is 5. The maximum Gasteiger partial charge on any atom is 0.232 e. The van der Waals surface area contributed by atoms with Gasteiger partial charge in [-0.2, -0.15) is 15.0 Å². The van der Waals surface area contributed by atoms with E-state index in [0.717, 1.165) is 11.1 Å². The summed E-state index contributed by atoms with van der Waals surface area (Å²) in [6.07, 6.45) is 0. The van der Waals surface area contributed by atoms with Crippen LogP contribution in [0.5, 0.6) is 11.5 Å². The number of nitrogens with two attached hydrogens (primary N) is 1. The fourth-order valence-corrected chi connectivity index (χ4v) is 2.66. The Morgan fingerprint density at radius 1 is 1.04 bits per heavy atom. The lowest BCUT2D eigenvalue weighted by atomic mass is 10.1. The Hall–Kier alpha value is -3.29. The number of para-hydroxylation sites is 1. The fraction of sp³-hybridized carbons (Fsp3) is 0.250. The van der Waals surface area contributed by atoms with E-state index in [0.29, 0.717) is 5.75 Å². The third kappa shape index (κ3) is 4.51. The van der Waals surface area contributed by atoms with Gasteiger partial charge in [-0.1, -0.05) is 12.1 Å². The lowest BCUT2D eigenvalue weighted by Crippen LogP contribution is -2.18. The van der Waals surface area contributed by atoms with Crippen molar-refractivity contribution in [3.8, 4) is 11.5 Å². The van der Waals surface area contributed by atoms with E-state index in [2.05, 4.69) is 20.3 Å². The zero-order valence-corrected chi connectivity index (χ0v) is 16.0. The summed E-state index contributed by atoms with van der Waals surface area (Å²) in [6.45, 7) is 6.48. The molecule has 2 aromatic carbocycles. The van der Waals surface area contributed by atoms with Gasteiger partial charge in [-0.05, 0) is 63.1 Å². The lowest BCUT2D eigenvalue weighted by Gasteiger charge is -2.16. The summed E-state index contributed by atoms with van der Waals surface area (Å²) in [4.78, 5) is 11.7. The van der Waals surface area contributed by atoms with Gasteiger partial charge < -0.3 is 15.8 Å². The monoisotopic (exact) mass is 385 g/mol. The molecule has 3 N–H and O–H groups in total. The van der Waals surface area contributed by atoms with Gasteiger partial charge in [0, 0.05) is 0 Å². The first-order valence-electron chi connectivity index (χ1n) is 8.64. The van der Waals surface area contributed by atoms with Crippen LogP contribution in [0.2, 0.25) is 0 Å². The Bertz CT molecular complexity index is 998. The van der Waals surface area contributed by atoms with Crippen molar-refractivity contribution in [2.24, 2.45) is 0 Å². The molecule has 8 heteroatoms. The molecular formula is C20H21F2N5O. The molecule has 146 valence electrons. The number of hydrogen-bond acceptors (Lipinski definition) is 6. The molecule has 0 spiro atoms. The molecule has 28 heavy (non-hydrogen) atoms. The third-order valence-electron chi connectivity index (χ3n) is 3.82. The quantitative estimate of drug-likeness (QED) is 0.646. The molecule has 0 atom stereocenters. The molecule has 0 saturated carbocycles. The molecule has 0 radical (unpaired) electrons. The first kappa shape index (κ1) is 19.5. The molecule has 0 aliphatic carbocycles. The predicted molar refractivity (Wildman–Crippen MR) is 104 cm³/mol. The van der Waals surface area contributed by atoms with Crippen molar-refractivity contribution in [2.45, 2.75) is 33.4 Å². The molecule has 0 fully saturated rings. The largest absolute Gasteiger partial charge is 0.455 e. The second-order valence-corrected chi connectivity index (χ2v) is 6.98. The Morgan fingerprint density at radius 2 is 1.71 bits per heavy atom. The van der Waals surface area contributed by atoms with Gasteiger partial charge in [0.15, 0.2) is 23.1 Å². The number of ether oxygens (including phenoxy) is 1. The summed E-state index contributed by atoms with van der Waals surface area (Å²) in [5.41, 5.74) is 5.86. The molecule has 1 heterocycles. The molecule has 0 unspecified atom stereocenters. The molecule has 1 aromatic heterocycles. The van der Waals surface area contributed by atoms with Crippen molar-refractivity contribution in [2.75, 3.05) is 11.1 Å². The highest BCUT2D eigenvalue weighted by Gasteiger charge is 2.24. The van der Waals surface area contributed by atoms with Gasteiger partial charge in [-0.3, -0.25) is 0 Å². The smallest absolute Gasteiger partial charge is 0.232 e. The Balaban J connectivity index is 1.98. The maximum absolute atomic E-state index is 14.5. The molecule has 3 aromatic rings. The van der Waals surface area contributed by atoms with Gasteiger partial charge in [-0.15, -0.1) is 0 Å². The topological polar surface area (TPSA) is 86.0 Å². The van der Waals surface area contributed by atoms with Crippen molar-refractivity contribution in [1.82, 2.24) is 15.0 Å². The second kappa shape index (κ2) is 7.38. The van der Waals surface area contributed by atoms with Gasteiger partial charge in [0.1, 0.15) is 11.4 Å². The third-order valence-corrected chi connectivity index (χ3v) is 3.82. The number of benzene rings is 2. The highest BCUT2D eigenvalue weighted by molar-refractivity contribution is 5.64. The van der Waals surface area contributed by atoms with Crippen molar-refractivity contribution >= 4 is 17.6 Å². The SMILES string of the molecule is Cc1cc(C)cc(Oc2cccc(F)c2Nc2nc(N)nc(C(C)(C)F)n2)c1. The van der Waals surface area contributed by atoms with E-state index in [9.17, 15) is 8.78 Å². The minimum Gasteiger partial charge on any atom is -0.455 e. The predicted octanol–water partition coefficient (Wildman–Crippen LogP) is 4.95. The zero-order valence-electron chi connectivity index (χ0n) is 16.0. The number of aromatic nitrogens is 3. The second-order valence-electron chi connectivity index (χ2n) is 6.98. The summed E-state index contributed by atoms with van der Waals surface area (Å²) in [5.74, 6) is -0.204. The highest BCUT2D eigenvalue weighted by Crippen LogP contribution is 2.34. The first-order valence-corrected chi connectivity index (χ1v) is 8.64. The molecule has 0 bridgehead atoms. The lowest BCUT2D eigenvalue weighted by molar-refractivity contribution is 0.206. The van der Waals surface area contributed by atoms with Crippen LogP contribution in [0.1, 0.15) is 30.8 Å². The minimum atomic E-state index is -1.83. The molecule has 0 amide bonds. The van der Waals surface area contributed by atoms with Gasteiger partial charge >= 0.3 is 0 Å². The van der Waals surface area contributed by atoms with Crippen molar-refractivity contribution in [3.05, 3.63) is 59.2 Å². The van der Waals surface area contributed by atoms with Crippen LogP contribution in [0.3, 0.4) is 0 Å². The summed E-state index contributed by atoms with van der Waals surface area (Å²) in [6, 6.07) is 10.1. The summed E-state index contributed by atoms with van der Waals surface area (Å²) >= 11 is 0. The Kier molecular flexibility index (Phi) is 5.13. The number of hydrogen-bond donors (Lipinski definition) is 2. The average Bonchev–Trinajstić information content (AvgIpc) is 2.56. The molecule has 0 aliphatic rings. The number of aryl methyl sites for hydroxylation is 2. The standard InChI is InChI=1S/C20H21F2N5O/c1-11-8-12(2)10-13(9-11)28-15-7-5-6-14(21)16(15)24-19-26-17(20(3,4)22)25-18(23)27-19/h5-10H,1-4H3,(H3,23,24,25,26,27). The van der Waals surface area contributed by atoms with E-state index in [1.54, 1.807) is 6.07 Å². The van der Waals surface area contributed by atoms with Crippen molar-refractivity contribution in [1.29, 1.82) is 0 Å². The van der Waals surface area contributed by atoms with Gasteiger partial charge in [0.05, 0.1) is 0 Å². The molecule has 0 saturated heterocycles. The summed E-state index contributed by atoms with van der Waals surface area (Å²) in [7, 11) is 0. The van der Waals surface area contributed by atoms with Crippen LogP contribution in [0.4, 0.5) is 26.4 Å². The minimum absolute atomic E-state index is 0.00914.